The van der Waals surface area contributed by atoms with Crippen LogP contribution in [0, 0.1) is 5.92 Å². The van der Waals surface area contributed by atoms with E-state index in [1.165, 1.54) is 27.8 Å². The minimum atomic E-state index is -4.66. The summed E-state index contributed by atoms with van der Waals surface area (Å²) >= 11 is 1.17. The molecule has 150 valence electrons. The number of nitrogens with zero attached hydrogens (tertiary/aromatic N) is 5. The lowest BCUT2D eigenvalue weighted by molar-refractivity contribution is -0.146. The molecule has 0 aromatic carbocycles. The summed E-state index contributed by atoms with van der Waals surface area (Å²) in [6.07, 6.45) is -4.01. The Hall–Kier alpha value is -2.25. The molecule has 8 nitrogen and oxygen atoms in total. The third-order valence-electron chi connectivity index (χ3n) is 4.43. The smallest absolute Gasteiger partial charge is 0.368 e. The van der Waals surface area contributed by atoms with Gasteiger partial charge in [-0.3, -0.25) is 0 Å². The number of hydrogen-bond acceptors (Lipinski definition) is 7. The van der Waals surface area contributed by atoms with Gasteiger partial charge < -0.3 is 5.32 Å². The molecule has 0 aliphatic carbocycles. The fraction of sp³-hybridized carbons (Fsp3) is 0.400. The van der Waals surface area contributed by atoms with Gasteiger partial charge >= 0.3 is 6.18 Å². The van der Waals surface area contributed by atoms with Gasteiger partial charge in [0.15, 0.2) is 5.65 Å². The number of nitrogens with one attached hydrogen (secondary N) is 1. The fourth-order valence-electron chi connectivity index (χ4n) is 3.03. The predicted molar refractivity (Wildman–Crippen MR) is 95.5 cm³/mol. The van der Waals surface area contributed by atoms with E-state index in [-0.39, 0.29) is 17.4 Å². The maximum Gasteiger partial charge on any atom is 0.453 e. The molecule has 0 saturated carbocycles. The highest BCUT2D eigenvalue weighted by Gasteiger charge is 2.38. The molecule has 1 unspecified atom stereocenters. The first-order valence-corrected chi connectivity index (χ1v) is 10.6. The lowest BCUT2D eigenvalue weighted by Gasteiger charge is -2.16. The Balaban J connectivity index is 1.43. The largest absolute Gasteiger partial charge is 0.453 e. The summed E-state index contributed by atoms with van der Waals surface area (Å²) in [6.45, 7) is 1.14. The van der Waals surface area contributed by atoms with Crippen molar-refractivity contribution in [3.8, 4) is 0 Å². The molecule has 1 N–H and O–H groups in total. The molecule has 1 fully saturated rings. The molecule has 4 heterocycles. The number of hydrogen-bond donors (Lipinski definition) is 1. The molecule has 13 heteroatoms. The summed E-state index contributed by atoms with van der Waals surface area (Å²) in [5, 5.41) is 15.2. The highest BCUT2D eigenvalue weighted by Crippen LogP contribution is 2.28. The van der Waals surface area contributed by atoms with Gasteiger partial charge in [0.05, 0.1) is 0 Å². The zero-order valence-electron chi connectivity index (χ0n) is 14.3. The van der Waals surface area contributed by atoms with Crippen molar-refractivity contribution in [3.63, 3.8) is 0 Å². The van der Waals surface area contributed by atoms with E-state index in [9.17, 15) is 21.6 Å². The minimum Gasteiger partial charge on any atom is -0.368 e. The predicted octanol–water partition coefficient (Wildman–Crippen LogP) is 2.33. The van der Waals surface area contributed by atoms with Crippen LogP contribution in [0.1, 0.15) is 12.2 Å². The van der Waals surface area contributed by atoms with Crippen molar-refractivity contribution < 1.29 is 21.6 Å². The molecule has 0 radical (unpaired) electrons. The Kier molecular flexibility index (Phi) is 4.75. The molecule has 4 rings (SSSR count). The van der Waals surface area contributed by atoms with Crippen LogP contribution in [0.3, 0.4) is 0 Å². The number of alkyl halides is 3. The first-order valence-electron chi connectivity index (χ1n) is 8.32. The van der Waals surface area contributed by atoms with Crippen molar-refractivity contribution in [3.05, 3.63) is 35.5 Å². The first-order chi connectivity index (χ1) is 13.2. The standard InChI is InChI=1S/C15H15F3N6O2S2/c16-15(17,18)14-21-20-12-4-3-11(22-24(12)14)19-8-10-5-6-23(9-10)28(25,26)13-2-1-7-27-13/h1-4,7,10H,5-6,8-9H2,(H,19,22). The van der Waals surface area contributed by atoms with E-state index in [4.69, 9.17) is 0 Å². The van der Waals surface area contributed by atoms with Gasteiger partial charge in [-0.15, -0.1) is 26.6 Å². The zero-order valence-corrected chi connectivity index (χ0v) is 15.9. The average Bonchev–Trinajstić information content (AvgIpc) is 3.39. The van der Waals surface area contributed by atoms with Crippen molar-refractivity contribution in [2.24, 2.45) is 5.92 Å². The molecule has 3 aromatic rings. The van der Waals surface area contributed by atoms with Crippen LogP contribution < -0.4 is 5.32 Å². The number of anilines is 1. The lowest BCUT2D eigenvalue weighted by Crippen LogP contribution is -2.29. The number of aromatic nitrogens is 4. The van der Waals surface area contributed by atoms with E-state index in [1.807, 2.05) is 0 Å². The minimum absolute atomic E-state index is 0.00745. The Morgan fingerprint density at radius 2 is 2.07 bits per heavy atom. The molecule has 0 bridgehead atoms. The molecular weight excluding hydrogens is 417 g/mol. The second kappa shape index (κ2) is 6.97. The highest BCUT2D eigenvalue weighted by molar-refractivity contribution is 7.91. The van der Waals surface area contributed by atoms with Crippen LogP contribution in [0.5, 0.6) is 0 Å². The number of sulfonamides is 1. The van der Waals surface area contributed by atoms with Gasteiger partial charge in [0.1, 0.15) is 10.0 Å². The number of rotatable bonds is 5. The molecule has 1 aliphatic heterocycles. The normalized spacial score (nSPS) is 18.8. The Labute approximate surface area is 162 Å². The Morgan fingerprint density at radius 1 is 1.25 bits per heavy atom. The second-order valence-electron chi connectivity index (χ2n) is 6.34. The van der Waals surface area contributed by atoms with Crippen LogP contribution in [-0.2, 0) is 16.2 Å². The Morgan fingerprint density at radius 3 is 2.79 bits per heavy atom. The van der Waals surface area contributed by atoms with Gasteiger partial charge in [0.2, 0.25) is 0 Å². The van der Waals surface area contributed by atoms with Crippen molar-refractivity contribution in [1.82, 2.24) is 24.1 Å². The topological polar surface area (TPSA) is 92.5 Å². The fourth-order valence-corrected chi connectivity index (χ4v) is 5.70. The van der Waals surface area contributed by atoms with Crippen molar-refractivity contribution in [1.29, 1.82) is 0 Å². The maximum absolute atomic E-state index is 12.9. The number of halogens is 3. The van der Waals surface area contributed by atoms with E-state index >= 15 is 0 Å². The summed E-state index contributed by atoms with van der Waals surface area (Å²) < 4.78 is 66.3. The SMILES string of the molecule is O=S(=O)(c1cccs1)N1CCC(CNc2ccc3nnc(C(F)(F)F)n3n2)C1. The van der Waals surface area contributed by atoms with E-state index in [1.54, 1.807) is 17.5 Å². The van der Waals surface area contributed by atoms with E-state index in [0.717, 1.165) is 0 Å². The molecule has 28 heavy (non-hydrogen) atoms. The Bertz CT molecular complexity index is 1080. The van der Waals surface area contributed by atoms with Crippen LogP contribution in [-0.4, -0.2) is 52.2 Å². The van der Waals surface area contributed by atoms with E-state index in [0.29, 0.717) is 34.8 Å². The zero-order chi connectivity index (χ0) is 19.9. The third kappa shape index (κ3) is 3.56. The van der Waals surface area contributed by atoms with Gasteiger partial charge in [-0.1, -0.05) is 6.07 Å². The number of thiophene rings is 1. The van der Waals surface area contributed by atoms with E-state index in [2.05, 4.69) is 20.6 Å². The van der Waals surface area contributed by atoms with Crippen LogP contribution in [0.25, 0.3) is 5.65 Å². The van der Waals surface area contributed by atoms with Crippen LogP contribution in [0.2, 0.25) is 0 Å². The summed E-state index contributed by atoms with van der Waals surface area (Å²) in [5.74, 6) is -0.937. The van der Waals surface area contributed by atoms with Crippen molar-refractivity contribution in [2.75, 3.05) is 25.0 Å². The van der Waals surface area contributed by atoms with Crippen LogP contribution in [0.15, 0.2) is 33.9 Å². The van der Waals surface area contributed by atoms with Crippen molar-refractivity contribution >= 4 is 32.8 Å². The quantitative estimate of drug-likeness (QED) is 0.665. The molecule has 1 aliphatic rings. The van der Waals surface area contributed by atoms with Gasteiger partial charge in [0, 0.05) is 19.6 Å². The second-order valence-corrected chi connectivity index (χ2v) is 9.45. The highest BCUT2D eigenvalue weighted by atomic mass is 32.2. The summed E-state index contributed by atoms with van der Waals surface area (Å²) in [7, 11) is -3.49. The molecular formula is C15H15F3N6O2S2. The van der Waals surface area contributed by atoms with Crippen molar-refractivity contribution in [2.45, 2.75) is 16.8 Å². The van der Waals surface area contributed by atoms with Gasteiger partial charge in [0.25, 0.3) is 15.8 Å². The van der Waals surface area contributed by atoms with Gasteiger partial charge in [-0.05, 0) is 35.9 Å². The third-order valence-corrected chi connectivity index (χ3v) is 7.66. The molecule has 0 spiro atoms. The van der Waals surface area contributed by atoms with Gasteiger partial charge in [-0.25, -0.2) is 8.42 Å². The van der Waals surface area contributed by atoms with E-state index < -0.39 is 22.0 Å². The average molecular weight is 432 g/mol. The first kappa shape index (κ1) is 19.1. The summed E-state index contributed by atoms with van der Waals surface area (Å²) in [6, 6.07) is 6.16. The molecule has 3 aromatic heterocycles. The van der Waals surface area contributed by atoms with Crippen LogP contribution in [0.4, 0.5) is 19.0 Å². The summed E-state index contributed by atoms with van der Waals surface area (Å²) in [4.78, 5) is 0. The van der Waals surface area contributed by atoms with Crippen LogP contribution >= 0.6 is 11.3 Å². The maximum atomic E-state index is 12.9. The lowest BCUT2D eigenvalue weighted by atomic mass is 10.1. The molecule has 0 amide bonds. The molecule has 1 atom stereocenters. The number of fused-ring (bicyclic) bond motifs is 1. The monoisotopic (exact) mass is 432 g/mol. The summed E-state index contributed by atoms with van der Waals surface area (Å²) in [5.41, 5.74) is -0.00745. The molecule has 1 saturated heterocycles. The van der Waals surface area contributed by atoms with Gasteiger partial charge in [-0.2, -0.15) is 22.0 Å².